The Morgan fingerprint density at radius 1 is 1.22 bits per heavy atom. The van der Waals surface area contributed by atoms with Gasteiger partial charge in [0.05, 0.1) is 0 Å². The van der Waals surface area contributed by atoms with Crippen LogP contribution in [0.3, 0.4) is 0 Å². The van der Waals surface area contributed by atoms with Crippen molar-refractivity contribution in [2.24, 2.45) is 5.73 Å². The van der Waals surface area contributed by atoms with Gasteiger partial charge in [-0.3, -0.25) is 9.59 Å². The molecule has 0 unspecified atom stereocenters. The second kappa shape index (κ2) is 6.00. The van der Waals surface area contributed by atoms with Crippen molar-refractivity contribution in [3.63, 3.8) is 0 Å². The minimum Gasteiger partial charge on any atom is -0.366 e. The predicted molar refractivity (Wildman–Crippen MR) is 70.9 cm³/mol. The zero-order valence-electron chi connectivity index (χ0n) is 10.9. The molecule has 1 rings (SSSR count). The number of carbonyl (C=O) groups is 2. The molecule has 0 aliphatic carbocycles. The highest BCUT2D eigenvalue weighted by Crippen LogP contribution is 2.07. The number of primary amides is 1. The van der Waals surface area contributed by atoms with Crippen LogP contribution in [0.5, 0.6) is 0 Å². The van der Waals surface area contributed by atoms with Gasteiger partial charge in [-0.05, 0) is 31.5 Å². The lowest BCUT2D eigenvalue weighted by atomic mass is 10.1. The first-order chi connectivity index (χ1) is 8.40. The molecule has 0 aliphatic rings. The van der Waals surface area contributed by atoms with Crippen LogP contribution < -0.4 is 5.73 Å². The number of hydrogen-bond donors (Lipinski definition) is 1. The largest absolute Gasteiger partial charge is 0.366 e. The summed E-state index contributed by atoms with van der Waals surface area (Å²) < 4.78 is 0. The van der Waals surface area contributed by atoms with Crippen LogP contribution in [0, 0.1) is 0 Å². The Bertz CT molecular complexity index is 471. The molecule has 0 spiro atoms. The molecule has 4 nitrogen and oxygen atoms in total. The maximum Gasteiger partial charge on any atom is 0.248 e. The molecule has 0 saturated heterocycles. The summed E-state index contributed by atoms with van der Waals surface area (Å²) in [5.74, 6) is -0.482. The molecular weight excluding hydrogens is 228 g/mol. The molecule has 18 heavy (non-hydrogen) atoms. The highest BCUT2D eigenvalue weighted by molar-refractivity contribution is 5.92. The molecule has 0 bridgehead atoms. The van der Waals surface area contributed by atoms with Gasteiger partial charge in [-0.25, -0.2) is 0 Å². The van der Waals surface area contributed by atoms with Crippen LogP contribution in [0.4, 0.5) is 0 Å². The summed E-state index contributed by atoms with van der Waals surface area (Å²) in [4.78, 5) is 24.2. The van der Waals surface area contributed by atoms with Crippen molar-refractivity contribution in [1.29, 1.82) is 0 Å². The van der Waals surface area contributed by atoms with E-state index in [2.05, 4.69) is 0 Å². The first-order valence-electron chi connectivity index (χ1n) is 5.69. The number of benzene rings is 1. The van der Waals surface area contributed by atoms with Crippen LogP contribution in [-0.4, -0.2) is 23.8 Å². The Morgan fingerprint density at radius 2 is 1.78 bits per heavy atom. The number of hydrogen-bond acceptors (Lipinski definition) is 2. The number of carbonyl (C=O) groups excluding carboxylic acids is 2. The number of nitrogens with two attached hydrogens (primary N) is 1. The van der Waals surface area contributed by atoms with Crippen LogP contribution in [0.25, 0.3) is 0 Å². The normalized spacial score (nSPS) is 9.72. The Morgan fingerprint density at radius 3 is 2.22 bits per heavy atom. The quantitative estimate of drug-likeness (QED) is 0.822. The highest BCUT2D eigenvalue weighted by Gasteiger charge is 2.07. The van der Waals surface area contributed by atoms with E-state index in [1.165, 1.54) is 0 Å². The second-order valence-electron chi connectivity index (χ2n) is 4.48. The molecule has 0 atom stereocenters. The molecule has 1 aromatic rings. The first kappa shape index (κ1) is 14.0. The third-order valence-corrected chi connectivity index (χ3v) is 2.45. The molecule has 0 heterocycles. The zero-order valence-corrected chi connectivity index (χ0v) is 10.9. The van der Waals surface area contributed by atoms with E-state index in [1.54, 1.807) is 42.3 Å². The summed E-state index contributed by atoms with van der Waals surface area (Å²) in [7, 11) is 1.74. The molecule has 0 aliphatic heterocycles. The van der Waals surface area contributed by atoms with E-state index in [0.29, 0.717) is 12.1 Å². The van der Waals surface area contributed by atoms with Crippen LogP contribution in [0.1, 0.15) is 29.8 Å². The lowest BCUT2D eigenvalue weighted by Crippen LogP contribution is -2.24. The Hall–Kier alpha value is -2.10. The van der Waals surface area contributed by atoms with Crippen molar-refractivity contribution in [2.45, 2.75) is 20.4 Å². The number of allylic oxidation sites excluding steroid dienone is 1. The van der Waals surface area contributed by atoms with E-state index >= 15 is 0 Å². The average molecular weight is 246 g/mol. The molecule has 4 heteroatoms. The van der Waals surface area contributed by atoms with Crippen molar-refractivity contribution in [3.05, 3.63) is 47.0 Å². The van der Waals surface area contributed by atoms with Crippen molar-refractivity contribution in [3.8, 4) is 0 Å². The van der Waals surface area contributed by atoms with Gasteiger partial charge in [0.2, 0.25) is 11.8 Å². The summed E-state index contributed by atoms with van der Waals surface area (Å²) in [6.45, 7) is 4.27. The minimum atomic E-state index is -0.449. The number of nitrogens with zero attached hydrogens (tertiary/aromatic N) is 1. The summed E-state index contributed by atoms with van der Waals surface area (Å²) in [5.41, 5.74) is 7.55. The van der Waals surface area contributed by atoms with Crippen LogP contribution in [-0.2, 0) is 11.3 Å². The fourth-order valence-corrected chi connectivity index (χ4v) is 1.48. The van der Waals surface area contributed by atoms with Gasteiger partial charge in [0.1, 0.15) is 0 Å². The summed E-state index contributed by atoms with van der Waals surface area (Å²) in [6.07, 6.45) is 1.60. The molecule has 0 fully saturated rings. The zero-order chi connectivity index (χ0) is 13.7. The monoisotopic (exact) mass is 246 g/mol. The third-order valence-electron chi connectivity index (χ3n) is 2.45. The molecular formula is C14H18N2O2. The second-order valence-corrected chi connectivity index (χ2v) is 4.48. The van der Waals surface area contributed by atoms with Gasteiger partial charge in [-0.1, -0.05) is 17.7 Å². The molecule has 2 amide bonds. The topological polar surface area (TPSA) is 63.4 Å². The highest BCUT2D eigenvalue weighted by atomic mass is 16.2. The van der Waals surface area contributed by atoms with Gasteiger partial charge in [-0.2, -0.15) is 0 Å². The summed E-state index contributed by atoms with van der Waals surface area (Å²) in [6, 6.07) is 6.92. The predicted octanol–water partition coefficient (Wildman–Crippen LogP) is 1.71. The summed E-state index contributed by atoms with van der Waals surface area (Å²) >= 11 is 0. The van der Waals surface area contributed by atoms with Gasteiger partial charge >= 0.3 is 0 Å². The van der Waals surface area contributed by atoms with Crippen LogP contribution in [0.2, 0.25) is 0 Å². The van der Waals surface area contributed by atoms with E-state index in [0.717, 1.165) is 11.1 Å². The standard InChI is InChI=1S/C14H18N2O2/c1-10(2)8-13(17)16(3)9-11-4-6-12(7-5-11)14(15)18/h4-8H,9H2,1-3H3,(H2,15,18). The first-order valence-corrected chi connectivity index (χ1v) is 5.69. The van der Waals surface area contributed by atoms with Crippen molar-refractivity contribution < 1.29 is 9.59 Å². The third kappa shape index (κ3) is 4.05. The average Bonchev–Trinajstić information content (AvgIpc) is 2.28. The summed E-state index contributed by atoms with van der Waals surface area (Å²) in [5, 5.41) is 0. The van der Waals surface area contributed by atoms with E-state index in [9.17, 15) is 9.59 Å². The smallest absolute Gasteiger partial charge is 0.248 e. The van der Waals surface area contributed by atoms with Crippen LogP contribution >= 0.6 is 0 Å². The Labute approximate surface area is 107 Å². The lowest BCUT2D eigenvalue weighted by molar-refractivity contribution is -0.125. The van der Waals surface area contributed by atoms with Crippen LogP contribution in [0.15, 0.2) is 35.9 Å². The van der Waals surface area contributed by atoms with E-state index in [1.807, 2.05) is 13.8 Å². The van der Waals surface area contributed by atoms with E-state index in [-0.39, 0.29) is 5.91 Å². The number of likely N-dealkylation sites (N-methyl/N-ethyl adjacent to an activating group) is 1. The van der Waals surface area contributed by atoms with Gasteiger partial charge < -0.3 is 10.6 Å². The van der Waals surface area contributed by atoms with E-state index in [4.69, 9.17) is 5.73 Å². The maximum absolute atomic E-state index is 11.7. The SMILES string of the molecule is CC(C)=CC(=O)N(C)Cc1ccc(C(N)=O)cc1. The van der Waals surface area contributed by atoms with E-state index < -0.39 is 5.91 Å². The molecule has 0 aromatic heterocycles. The van der Waals surface area contributed by atoms with Crippen molar-refractivity contribution in [2.75, 3.05) is 7.05 Å². The van der Waals surface area contributed by atoms with Gasteiger partial charge in [-0.15, -0.1) is 0 Å². The Kier molecular flexibility index (Phi) is 4.66. The van der Waals surface area contributed by atoms with Gasteiger partial charge in [0.15, 0.2) is 0 Å². The lowest BCUT2D eigenvalue weighted by Gasteiger charge is -2.15. The fourth-order valence-electron chi connectivity index (χ4n) is 1.48. The van der Waals surface area contributed by atoms with Gasteiger partial charge in [0, 0.05) is 25.2 Å². The number of rotatable bonds is 4. The van der Waals surface area contributed by atoms with Crippen molar-refractivity contribution in [1.82, 2.24) is 4.90 Å². The minimum absolute atomic E-state index is 0.0334. The molecule has 0 radical (unpaired) electrons. The molecule has 1 aromatic carbocycles. The van der Waals surface area contributed by atoms with Gasteiger partial charge in [0.25, 0.3) is 0 Å². The fraction of sp³-hybridized carbons (Fsp3) is 0.286. The molecule has 2 N–H and O–H groups in total. The Balaban J connectivity index is 2.70. The molecule has 0 saturated carbocycles. The number of amides is 2. The maximum atomic E-state index is 11.7. The van der Waals surface area contributed by atoms with Crippen molar-refractivity contribution >= 4 is 11.8 Å². The molecule has 96 valence electrons.